The van der Waals surface area contributed by atoms with Crippen molar-refractivity contribution in [3.8, 4) is 6.07 Å². The van der Waals surface area contributed by atoms with E-state index in [1.807, 2.05) is 6.07 Å². The number of nitrogens with one attached hydrogen (secondary N) is 1. The van der Waals surface area contributed by atoms with E-state index in [1.54, 1.807) is 30.1 Å². The number of nitriles is 1. The number of likely N-dealkylation sites (tertiary alicyclic amines) is 1. The van der Waals surface area contributed by atoms with Gasteiger partial charge in [-0.2, -0.15) is 5.26 Å². The van der Waals surface area contributed by atoms with E-state index in [2.05, 4.69) is 5.32 Å². The second-order valence-corrected chi connectivity index (χ2v) is 6.68. The Kier molecular flexibility index (Phi) is 5.10. The van der Waals surface area contributed by atoms with Crippen molar-refractivity contribution in [3.63, 3.8) is 0 Å². The highest BCUT2D eigenvalue weighted by atomic mass is 35.5. The van der Waals surface area contributed by atoms with Crippen LogP contribution in [0.1, 0.15) is 17.5 Å². The Morgan fingerprint density at radius 2 is 2.08 bits per heavy atom. The number of nitrogens with zero attached hydrogens (tertiary/aromatic N) is 2. The molecule has 0 aliphatic carbocycles. The number of rotatable bonds is 4. The van der Waals surface area contributed by atoms with Gasteiger partial charge >= 0.3 is 0 Å². The number of benzene rings is 2. The van der Waals surface area contributed by atoms with E-state index in [0.717, 1.165) is 6.07 Å². The Morgan fingerprint density at radius 3 is 2.73 bits per heavy atom. The zero-order valence-electron chi connectivity index (χ0n) is 14.0. The van der Waals surface area contributed by atoms with Gasteiger partial charge in [-0.15, -0.1) is 0 Å². The van der Waals surface area contributed by atoms with Crippen LogP contribution in [0.15, 0.2) is 36.4 Å². The number of hydrogen-bond acceptors (Lipinski definition) is 3. The number of halogens is 3. The highest BCUT2D eigenvalue weighted by molar-refractivity contribution is 6.32. The van der Waals surface area contributed by atoms with Crippen molar-refractivity contribution < 1.29 is 13.6 Å². The summed E-state index contributed by atoms with van der Waals surface area (Å²) in [6.45, 7) is 0. The summed E-state index contributed by atoms with van der Waals surface area (Å²) in [5, 5.41) is 12.5. The van der Waals surface area contributed by atoms with E-state index >= 15 is 0 Å². The van der Waals surface area contributed by atoms with E-state index in [1.165, 1.54) is 12.1 Å². The van der Waals surface area contributed by atoms with E-state index in [0.29, 0.717) is 21.8 Å². The molecule has 0 spiro atoms. The molecule has 0 saturated carbocycles. The molecule has 1 aliphatic rings. The minimum atomic E-state index is -0.635. The van der Waals surface area contributed by atoms with Crippen molar-refractivity contribution >= 4 is 23.2 Å². The number of carbonyl (C=O) groups is 1. The third kappa shape index (κ3) is 3.63. The SMILES string of the molecule is CN1C(=O)C[C@H](Nc2ccc(C#N)c(Cl)c2)C1Cc1ccc(F)cc1F. The highest BCUT2D eigenvalue weighted by Crippen LogP contribution is 2.27. The van der Waals surface area contributed by atoms with Gasteiger partial charge in [0.2, 0.25) is 5.91 Å². The zero-order valence-corrected chi connectivity index (χ0v) is 14.7. The summed E-state index contributed by atoms with van der Waals surface area (Å²) in [7, 11) is 1.67. The summed E-state index contributed by atoms with van der Waals surface area (Å²) < 4.78 is 27.1. The second kappa shape index (κ2) is 7.30. The van der Waals surface area contributed by atoms with Crippen LogP contribution in [0.2, 0.25) is 5.02 Å². The Balaban J connectivity index is 1.82. The maximum absolute atomic E-state index is 14.0. The maximum Gasteiger partial charge on any atom is 0.224 e. The van der Waals surface area contributed by atoms with Crippen LogP contribution in [0, 0.1) is 23.0 Å². The van der Waals surface area contributed by atoms with Crippen molar-refractivity contribution in [1.29, 1.82) is 5.26 Å². The standard InChI is InChI=1S/C19H16ClF2N3O/c1-25-18(6-11-2-4-13(21)7-16(11)22)17(9-19(25)26)24-14-5-3-12(10-23)15(20)8-14/h2-5,7-8,17-18,24H,6,9H2,1H3/t17-,18?/m0/s1. The molecular weight excluding hydrogens is 360 g/mol. The third-order valence-electron chi connectivity index (χ3n) is 4.64. The van der Waals surface area contributed by atoms with E-state index in [4.69, 9.17) is 16.9 Å². The summed E-state index contributed by atoms with van der Waals surface area (Å²) in [4.78, 5) is 13.7. The Morgan fingerprint density at radius 1 is 1.31 bits per heavy atom. The Hall–Kier alpha value is -2.65. The van der Waals surface area contributed by atoms with Crippen LogP contribution in [0.4, 0.5) is 14.5 Å². The van der Waals surface area contributed by atoms with Gasteiger partial charge in [-0.1, -0.05) is 17.7 Å². The molecular formula is C19H16ClF2N3O. The molecule has 2 aromatic carbocycles. The van der Waals surface area contributed by atoms with Gasteiger partial charge in [0.1, 0.15) is 17.7 Å². The fraction of sp³-hybridized carbons (Fsp3) is 0.263. The van der Waals surface area contributed by atoms with Gasteiger partial charge < -0.3 is 10.2 Å². The second-order valence-electron chi connectivity index (χ2n) is 6.27. The lowest BCUT2D eigenvalue weighted by molar-refractivity contribution is -0.127. The van der Waals surface area contributed by atoms with Crippen molar-refractivity contribution in [2.45, 2.75) is 24.9 Å². The minimum Gasteiger partial charge on any atom is -0.380 e. The molecule has 4 nitrogen and oxygen atoms in total. The van der Waals surface area contributed by atoms with Crippen LogP contribution >= 0.6 is 11.6 Å². The topological polar surface area (TPSA) is 56.1 Å². The largest absolute Gasteiger partial charge is 0.380 e. The van der Waals surface area contributed by atoms with Crippen molar-refractivity contribution in [2.75, 3.05) is 12.4 Å². The number of likely N-dealkylation sites (N-methyl/N-ethyl adjacent to an activating group) is 1. The monoisotopic (exact) mass is 375 g/mol. The Labute approximate surface area is 155 Å². The molecule has 1 heterocycles. The highest BCUT2D eigenvalue weighted by Gasteiger charge is 2.37. The molecule has 7 heteroatoms. The average molecular weight is 376 g/mol. The first-order valence-corrected chi connectivity index (χ1v) is 8.42. The van der Waals surface area contributed by atoms with Crippen molar-refractivity contribution in [1.82, 2.24) is 4.90 Å². The first-order valence-electron chi connectivity index (χ1n) is 8.05. The molecule has 134 valence electrons. The lowest BCUT2D eigenvalue weighted by atomic mass is 9.99. The molecule has 0 bridgehead atoms. The third-order valence-corrected chi connectivity index (χ3v) is 4.95. The molecule has 2 aromatic rings. The van der Waals surface area contributed by atoms with Gasteiger partial charge in [-0.25, -0.2) is 8.78 Å². The molecule has 1 saturated heterocycles. The predicted molar refractivity (Wildman–Crippen MR) is 94.8 cm³/mol. The van der Waals surface area contributed by atoms with Crippen LogP contribution in [-0.2, 0) is 11.2 Å². The number of anilines is 1. The lowest BCUT2D eigenvalue weighted by Gasteiger charge is -2.26. The van der Waals surface area contributed by atoms with Gasteiger partial charge in [0, 0.05) is 25.2 Å². The molecule has 1 amide bonds. The van der Waals surface area contributed by atoms with E-state index in [9.17, 15) is 13.6 Å². The molecule has 1 fully saturated rings. The lowest BCUT2D eigenvalue weighted by Crippen LogP contribution is -2.39. The maximum atomic E-state index is 14.0. The minimum absolute atomic E-state index is 0.0604. The van der Waals surface area contributed by atoms with Gasteiger partial charge in [0.05, 0.1) is 22.7 Å². The first-order chi connectivity index (χ1) is 12.4. The van der Waals surface area contributed by atoms with Gasteiger partial charge in [-0.05, 0) is 36.2 Å². The Bertz CT molecular complexity index is 897. The van der Waals surface area contributed by atoms with E-state index < -0.39 is 11.6 Å². The van der Waals surface area contributed by atoms with Crippen LogP contribution in [0.5, 0.6) is 0 Å². The molecule has 0 aromatic heterocycles. The molecule has 0 radical (unpaired) electrons. The normalized spacial score (nSPS) is 19.5. The molecule has 1 unspecified atom stereocenters. The molecule has 3 rings (SSSR count). The van der Waals surface area contributed by atoms with Crippen LogP contribution in [0.3, 0.4) is 0 Å². The number of carbonyl (C=O) groups excluding carboxylic acids is 1. The van der Waals surface area contributed by atoms with Crippen LogP contribution < -0.4 is 5.32 Å². The summed E-state index contributed by atoms with van der Waals surface area (Å²) in [5.74, 6) is -1.32. The van der Waals surface area contributed by atoms with Gasteiger partial charge in [0.15, 0.2) is 0 Å². The molecule has 26 heavy (non-hydrogen) atoms. The summed E-state index contributed by atoms with van der Waals surface area (Å²) in [5.41, 5.74) is 1.39. The molecule has 1 N–H and O–H groups in total. The summed E-state index contributed by atoms with van der Waals surface area (Å²) in [6, 6.07) is 9.81. The number of amides is 1. The van der Waals surface area contributed by atoms with Crippen LogP contribution in [0.25, 0.3) is 0 Å². The molecule has 1 aliphatic heterocycles. The van der Waals surface area contributed by atoms with Gasteiger partial charge in [-0.3, -0.25) is 4.79 Å². The zero-order chi connectivity index (χ0) is 18.8. The summed E-state index contributed by atoms with van der Waals surface area (Å²) >= 11 is 6.05. The first kappa shape index (κ1) is 18.2. The smallest absolute Gasteiger partial charge is 0.224 e. The van der Waals surface area contributed by atoms with Crippen molar-refractivity contribution in [2.24, 2.45) is 0 Å². The summed E-state index contributed by atoms with van der Waals surface area (Å²) in [6.07, 6.45) is 0.512. The quantitative estimate of drug-likeness (QED) is 0.885. The predicted octanol–water partition coefficient (Wildman–Crippen LogP) is 3.74. The van der Waals surface area contributed by atoms with Crippen molar-refractivity contribution in [3.05, 3.63) is 64.2 Å². The van der Waals surface area contributed by atoms with Gasteiger partial charge in [0.25, 0.3) is 0 Å². The fourth-order valence-electron chi connectivity index (χ4n) is 3.17. The fourth-order valence-corrected chi connectivity index (χ4v) is 3.39. The molecule has 2 atom stereocenters. The average Bonchev–Trinajstić information content (AvgIpc) is 2.85. The van der Waals surface area contributed by atoms with Crippen LogP contribution in [-0.4, -0.2) is 29.9 Å². The number of hydrogen-bond donors (Lipinski definition) is 1. The van der Waals surface area contributed by atoms with E-state index in [-0.39, 0.29) is 30.8 Å².